The molecule has 0 N–H and O–H groups in total. The molecule has 0 radical (unpaired) electrons. The predicted octanol–water partition coefficient (Wildman–Crippen LogP) is 12.4. The average molecular weight is 451 g/mol. The second-order valence-corrected chi connectivity index (χ2v) is 11.4. The van der Waals surface area contributed by atoms with E-state index in [1.54, 1.807) is 0 Å². The Hall–Kier alpha value is 0. The molecule has 0 bridgehead atoms. The summed E-state index contributed by atoms with van der Waals surface area (Å²) in [5.74, 6) is 1.91. The van der Waals surface area contributed by atoms with E-state index < -0.39 is 0 Å². The highest BCUT2D eigenvalue weighted by atomic mass is 14.1. The highest BCUT2D eigenvalue weighted by molar-refractivity contribution is 4.59. The molecule has 0 aliphatic heterocycles. The van der Waals surface area contributed by atoms with Crippen molar-refractivity contribution in [2.75, 3.05) is 0 Å². The van der Waals surface area contributed by atoms with Gasteiger partial charge in [0.15, 0.2) is 0 Å². The van der Waals surface area contributed by atoms with Gasteiger partial charge in [0.1, 0.15) is 0 Å². The third-order valence-corrected chi connectivity index (χ3v) is 7.74. The summed E-state index contributed by atoms with van der Waals surface area (Å²) >= 11 is 0. The third-order valence-electron chi connectivity index (χ3n) is 7.74. The fourth-order valence-electron chi connectivity index (χ4n) is 5.24. The van der Waals surface area contributed by atoms with Gasteiger partial charge in [-0.05, 0) is 11.8 Å². The van der Waals surface area contributed by atoms with E-state index in [1.165, 1.54) is 167 Å². The van der Waals surface area contributed by atoms with Crippen molar-refractivity contribution >= 4 is 0 Å². The predicted molar refractivity (Wildman–Crippen MR) is 150 cm³/mol. The molecule has 2 unspecified atom stereocenters. The third kappa shape index (κ3) is 26.3. The molecule has 0 aromatic carbocycles. The normalized spacial score (nSPS) is 13.5. The molecule has 0 saturated heterocycles. The maximum Gasteiger partial charge on any atom is -0.0443 e. The van der Waals surface area contributed by atoms with Crippen LogP contribution in [0, 0.1) is 11.8 Å². The summed E-state index contributed by atoms with van der Waals surface area (Å²) in [7, 11) is 0. The van der Waals surface area contributed by atoms with E-state index in [4.69, 9.17) is 0 Å². The zero-order valence-electron chi connectivity index (χ0n) is 23.5. The molecule has 2 atom stereocenters. The van der Waals surface area contributed by atoms with Crippen LogP contribution in [-0.2, 0) is 0 Å². The van der Waals surface area contributed by atoms with Gasteiger partial charge in [-0.3, -0.25) is 0 Å². The van der Waals surface area contributed by atoms with Crippen LogP contribution < -0.4 is 0 Å². The quantitative estimate of drug-likeness (QED) is 0.109. The van der Waals surface area contributed by atoms with Crippen LogP contribution in [0.2, 0.25) is 0 Å². The molecular weight excluding hydrogens is 384 g/mol. The molecule has 0 nitrogen and oxygen atoms in total. The zero-order valence-corrected chi connectivity index (χ0v) is 23.5. The number of rotatable bonds is 27. The molecule has 0 aromatic rings. The first-order valence-electron chi connectivity index (χ1n) is 15.7. The molecule has 0 spiro atoms. The first-order valence-corrected chi connectivity index (χ1v) is 15.7. The monoisotopic (exact) mass is 451 g/mol. The van der Waals surface area contributed by atoms with Crippen molar-refractivity contribution in [2.45, 2.75) is 195 Å². The van der Waals surface area contributed by atoms with Gasteiger partial charge in [0.05, 0.1) is 0 Å². The van der Waals surface area contributed by atoms with E-state index in [1.807, 2.05) is 0 Å². The summed E-state index contributed by atoms with van der Waals surface area (Å²) in [6.07, 6.45) is 38.2. The van der Waals surface area contributed by atoms with Crippen LogP contribution >= 0.6 is 0 Å². The largest absolute Gasteiger partial charge is 0.0654 e. The summed E-state index contributed by atoms with van der Waals surface area (Å²) in [6.45, 7) is 9.59. The van der Waals surface area contributed by atoms with Gasteiger partial charge in [-0.15, -0.1) is 0 Å². The van der Waals surface area contributed by atoms with Gasteiger partial charge in [0.2, 0.25) is 0 Å². The van der Waals surface area contributed by atoms with E-state index in [0.29, 0.717) is 0 Å². The van der Waals surface area contributed by atoms with Crippen LogP contribution in [-0.4, -0.2) is 0 Å². The van der Waals surface area contributed by atoms with Crippen molar-refractivity contribution in [3.05, 3.63) is 0 Å². The maximum absolute atomic E-state index is 2.50. The summed E-state index contributed by atoms with van der Waals surface area (Å²) in [5, 5.41) is 0. The van der Waals surface area contributed by atoms with Crippen LogP contribution in [0.5, 0.6) is 0 Å². The van der Waals surface area contributed by atoms with Gasteiger partial charge < -0.3 is 0 Å². The molecule has 0 amide bonds. The second kappa shape index (κ2) is 27.2. The second-order valence-electron chi connectivity index (χ2n) is 11.4. The van der Waals surface area contributed by atoms with E-state index in [-0.39, 0.29) is 0 Å². The van der Waals surface area contributed by atoms with Gasteiger partial charge in [0.25, 0.3) is 0 Å². The Bertz CT molecular complexity index is 320. The Morgan fingerprint density at radius 1 is 0.281 bits per heavy atom. The molecule has 0 aromatic heterocycles. The van der Waals surface area contributed by atoms with E-state index >= 15 is 0 Å². The maximum atomic E-state index is 2.50. The molecule has 0 heteroatoms. The van der Waals surface area contributed by atoms with Gasteiger partial charge in [0, 0.05) is 0 Å². The molecule has 0 rings (SSSR count). The molecule has 0 fully saturated rings. The SMILES string of the molecule is CCCCCCCCCCCCCCCCCCCC(C)CCCC(C)CCCCCC. The Morgan fingerprint density at radius 3 is 0.812 bits per heavy atom. The molecule has 0 saturated carbocycles. The first-order chi connectivity index (χ1) is 15.7. The highest BCUT2D eigenvalue weighted by Gasteiger charge is 2.06. The van der Waals surface area contributed by atoms with Crippen molar-refractivity contribution in [3.8, 4) is 0 Å². The Balaban J connectivity index is 3.20. The summed E-state index contributed by atoms with van der Waals surface area (Å²) in [4.78, 5) is 0. The van der Waals surface area contributed by atoms with Gasteiger partial charge in [-0.1, -0.05) is 195 Å². The highest BCUT2D eigenvalue weighted by Crippen LogP contribution is 2.21. The molecule has 0 heterocycles. The molecule has 194 valence electrons. The minimum Gasteiger partial charge on any atom is -0.0654 e. The van der Waals surface area contributed by atoms with Crippen LogP contribution in [0.25, 0.3) is 0 Å². The molecule has 0 aliphatic carbocycles. The van der Waals surface area contributed by atoms with Crippen LogP contribution in [0.3, 0.4) is 0 Å². The van der Waals surface area contributed by atoms with Crippen molar-refractivity contribution in [2.24, 2.45) is 11.8 Å². The van der Waals surface area contributed by atoms with Crippen LogP contribution in [0.4, 0.5) is 0 Å². The van der Waals surface area contributed by atoms with Crippen LogP contribution in [0.1, 0.15) is 195 Å². The molecular formula is C32H66. The number of hydrogen-bond donors (Lipinski definition) is 0. The minimum atomic E-state index is 0.957. The lowest BCUT2D eigenvalue weighted by Crippen LogP contribution is -1.99. The Kier molecular flexibility index (Phi) is 27.2. The fourth-order valence-corrected chi connectivity index (χ4v) is 5.24. The lowest BCUT2D eigenvalue weighted by Gasteiger charge is -2.14. The molecule has 32 heavy (non-hydrogen) atoms. The van der Waals surface area contributed by atoms with E-state index in [0.717, 1.165) is 11.8 Å². The number of hydrogen-bond acceptors (Lipinski definition) is 0. The fraction of sp³-hybridized carbons (Fsp3) is 1.00. The first kappa shape index (κ1) is 32.0. The van der Waals surface area contributed by atoms with Gasteiger partial charge in [-0.25, -0.2) is 0 Å². The standard InChI is InChI=1S/C32H66/c1-5-7-9-11-12-13-14-15-16-17-18-19-20-21-22-23-25-28-32(4)30-26-29-31(3)27-24-10-8-6-2/h31-32H,5-30H2,1-4H3. The number of unbranched alkanes of at least 4 members (excludes halogenated alkanes) is 19. The van der Waals surface area contributed by atoms with E-state index in [2.05, 4.69) is 27.7 Å². The van der Waals surface area contributed by atoms with E-state index in [9.17, 15) is 0 Å². The van der Waals surface area contributed by atoms with Crippen molar-refractivity contribution in [3.63, 3.8) is 0 Å². The van der Waals surface area contributed by atoms with Crippen molar-refractivity contribution in [1.82, 2.24) is 0 Å². The smallest absolute Gasteiger partial charge is 0.0443 e. The summed E-state index contributed by atoms with van der Waals surface area (Å²) in [5.41, 5.74) is 0. The lowest BCUT2D eigenvalue weighted by molar-refractivity contribution is 0.391. The summed E-state index contributed by atoms with van der Waals surface area (Å²) in [6, 6.07) is 0. The molecule has 0 aliphatic rings. The average Bonchev–Trinajstić information content (AvgIpc) is 2.79. The van der Waals surface area contributed by atoms with Crippen molar-refractivity contribution in [1.29, 1.82) is 0 Å². The van der Waals surface area contributed by atoms with Gasteiger partial charge >= 0.3 is 0 Å². The summed E-state index contributed by atoms with van der Waals surface area (Å²) < 4.78 is 0. The van der Waals surface area contributed by atoms with Gasteiger partial charge in [-0.2, -0.15) is 0 Å². The lowest BCUT2D eigenvalue weighted by atomic mass is 9.92. The Morgan fingerprint density at radius 2 is 0.500 bits per heavy atom. The Labute approximate surface area is 206 Å². The zero-order chi connectivity index (χ0) is 23.5. The van der Waals surface area contributed by atoms with Crippen LogP contribution in [0.15, 0.2) is 0 Å². The minimum absolute atomic E-state index is 0.957. The van der Waals surface area contributed by atoms with Crippen molar-refractivity contribution < 1.29 is 0 Å². The topological polar surface area (TPSA) is 0 Å².